The van der Waals surface area contributed by atoms with Crippen LogP contribution >= 0.6 is 12.1 Å². The van der Waals surface area contributed by atoms with Crippen LogP contribution in [0.15, 0.2) is 11.4 Å². The number of fused-ring (bicyclic) bond motifs is 1. The Kier molecular flexibility index (Phi) is 1.58. The van der Waals surface area contributed by atoms with Crippen LogP contribution < -0.4 is 5.73 Å². The van der Waals surface area contributed by atoms with E-state index < -0.39 is 0 Å². The molecule has 0 atom stereocenters. The molecule has 2 aromatic rings. The molecule has 7 heteroatoms. The molecule has 5 nitrogen and oxygen atoms in total. The van der Waals surface area contributed by atoms with Crippen LogP contribution in [0, 0.1) is 0 Å². The number of rotatable bonds is 1. The van der Waals surface area contributed by atoms with Crippen molar-refractivity contribution in [3.05, 3.63) is 6.33 Å². The maximum absolute atomic E-state index is 12.2. The molecule has 0 radical (unpaired) electrons. The molecule has 2 aromatic heterocycles. The van der Waals surface area contributed by atoms with E-state index >= 15 is 0 Å². The summed E-state index contributed by atoms with van der Waals surface area (Å²) < 4.78 is 12.2. The van der Waals surface area contributed by atoms with Crippen molar-refractivity contribution in [2.45, 2.75) is 5.03 Å². The topological polar surface area (TPSA) is 80.5 Å². The highest BCUT2D eigenvalue weighted by molar-refractivity contribution is 7.94. The predicted molar refractivity (Wildman–Crippen MR) is 43.1 cm³/mol. The normalized spacial score (nSPS) is 10.8. The van der Waals surface area contributed by atoms with E-state index in [0.29, 0.717) is 11.0 Å². The first-order valence-electron chi connectivity index (χ1n) is 3.06. The van der Waals surface area contributed by atoms with Crippen LogP contribution in [0.5, 0.6) is 0 Å². The van der Waals surface area contributed by atoms with Crippen LogP contribution in [-0.4, -0.2) is 20.2 Å². The maximum Gasteiger partial charge on any atom is 0.164 e. The molecule has 0 aliphatic heterocycles. The molecule has 0 aliphatic rings. The van der Waals surface area contributed by atoms with Crippen LogP contribution in [-0.2, 0) is 0 Å². The van der Waals surface area contributed by atoms with Gasteiger partial charge in [0.05, 0.1) is 5.39 Å². The van der Waals surface area contributed by atoms with E-state index in [1.165, 1.54) is 6.33 Å². The second-order valence-electron chi connectivity index (χ2n) is 2.09. The molecule has 2 heterocycles. The van der Waals surface area contributed by atoms with Crippen molar-refractivity contribution in [2.75, 3.05) is 5.73 Å². The largest absolute Gasteiger partial charge is 0.383 e. The van der Waals surface area contributed by atoms with Gasteiger partial charge in [-0.3, -0.25) is 5.10 Å². The maximum atomic E-state index is 12.2. The Hall–Kier alpha value is -1.37. The number of nitrogens with one attached hydrogen (secondary N) is 1. The summed E-state index contributed by atoms with van der Waals surface area (Å²) in [7, 11) is 0. The Morgan fingerprint density at radius 3 is 3.08 bits per heavy atom. The Balaban J connectivity index is 2.83. The number of nitrogens with zero attached hydrogens (tertiary/aromatic N) is 3. The van der Waals surface area contributed by atoms with E-state index in [4.69, 9.17) is 5.73 Å². The summed E-state index contributed by atoms with van der Waals surface area (Å²) in [5.74, 6) is 0.230. The molecule has 3 N–H and O–H groups in total. The molecule has 0 aromatic carbocycles. The second kappa shape index (κ2) is 2.59. The highest BCUT2D eigenvalue weighted by atomic mass is 32.2. The molecule has 0 saturated carbocycles. The summed E-state index contributed by atoms with van der Waals surface area (Å²) in [5, 5.41) is 6.80. The van der Waals surface area contributed by atoms with Crippen LogP contribution in [0.2, 0.25) is 0 Å². The quantitative estimate of drug-likeness (QED) is 0.690. The first-order valence-corrected chi connectivity index (χ1v) is 3.77. The minimum absolute atomic E-state index is 0.0168. The average molecular weight is 185 g/mol. The number of halogens is 1. The number of aromatic nitrogens is 4. The summed E-state index contributed by atoms with van der Waals surface area (Å²) in [6, 6.07) is 0. The molecule has 0 amide bonds. The molecule has 0 aliphatic carbocycles. The van der Waals surface area contributed by atoms with Gasteiger partial charge in [-0.15, -0.1) is 0 Å². The Bertz CT molecular complexity index is 413. The summed E-state index contributed by atoms with van der Waals surface area (Å²) in [6.45, 7) is 0. The molecule has 0 unspecified atom stereocenters. The Morgan fingerprint density at radius 1 is 1.50 bits per heavy atom. The van der Waals surface area contributed by atoms with E-state index in [-0.39, 0.29) is 23.0 Å². The molecular weight excluding hydrogens is 181 g/mol. The zero-order valence-electron chi connectivity index (χ0n) is 5.78. The minimum Gasteiger partial charge on any atom is -0.383 e. The van der Waals surface area contributed by atoms with Gasteiger partial charge in [0, 0.05) is 0 Å². The van der Waals surface area contributed by atoms with E-state index in [1.54, 1.807) is 0 Å². The van der Waals surface area contributed by atoms with Gasteiger partial charge in [-0.05, 0) is 0 Å². The highest BCUT2D eigenvalue weighted by Crippen LogP contribution is 2.27. The molecule has 12 heavy (non-hydrogen) atoms. The van der Waals surface area contributed by atoms with E-state index in [9.17, 15) is 3.89 Å². The molecule has 0 fully saturated rings. The zero-order chi connectivity index (χ0) is 8.55. The van der Waals surface area contributed by atoms with Crippen LogP contribution in [0.4, 0.5) is 9.70 Å². The third-order valence-corrected chi connectivity index (χ3v) is 1.87. The standard InChI is InChI=1S/C5H4FN5S/c6-12-5-2-3(7)8-1-9-4(2)10-11-5/h1H,(H3,7,8,9,10,11). The SMILES string of the molecule is Nc1ncnc2[nH]nc(SF)c12. The second-order valence-corrected chi connectivity index (χ2v) is 2.63. The van der Waals surface area contributed by atoms with Gasteiger partial charge >= 0.3 is 0 Å². The summed E-state index contributed by atoms with van der Waals surface area (Å²) in [5.41, 5.74) is 5.93. The summed E-state index contributed by atoms with van der Waals surface area (Å²) >= 11 is 0.0168. The Labute approximate surface area is 70.9 Å². The average Bonchev–Trinajstić information content (AvgIpc) is 2.49. The smallest absolute Gasteiger partial charge is 0.164 e. The van der Waals surface area contributed by atoms with Gasteiger partial charge in [0.15, 0.2) is 10.7 Å². The highest BCUT2D eigenvalue weighted by Gasteiger charge is 2.10. The summed E-state index contributed by atoms with van der Waals surface area (Å²) in [6.07, 6.45) is 1.29. The van der Waals surface area contributed by atoms with Gasteiger partial charge in [-0.1, -0.05) is 0 Å². The van der Waals surface area contributed by atoms with E-state index in [0.717, 1.165) is 0 Å². The number of anilines is 1. The van der Waals surface area contributed by atoms with Crippen molar-refractivity contribution in [1.29, 1.82) is 0 Å². The zero-order valence-corrected chi connectivity index (χ0v) is 6.60. The van der Waals surface area contributed by atoms with Gasteiger partial charge in [0.2, 0.25) is 0 Å². The molecule has 0 saturated heterocycles. The first-order chi connectivity index (χ1) is 5.83. The fourth-order valence-electron chi connectivity index (χ4n) is 0.910. The van der Waals surface area contributed by atoms with Gasteiger partial charge in [-0.2, -0.15) is 8.98 Å². The lowest BCUT2D eigenvalue weighted by Crippen LogP contribution is -1.91. The minimum atomic E-state index is 0.0168. The third kappa shape index (κ3) is 0.900. The number of aromatic amines is 1. The monoisotopic (exact) mass is 185 g/mol. The first kappa shape index (κ1) is 7.29. The van der Waals surface area contributed by atoms with E-state index in [2.05, 4.69) is 20.2 Å². The van der Waals surface area contributed by atoms with Crippen LogP contribution in [0.3, 0.4) is 0 Å². The number of nitrogens with two attached hydrogens (primary N) is 1. The fraction of sp³-hybridized carbons (Fsp3) is 0. The molecule has 0 bridgehead atoms. The van der Waals surface area contributed by atoms with Crippen LogP contribution in [0.25, 0.3) is 11.0 Å². The number of H-pyrrole nitrogens is 1. The molecule has 62 valence electrons. The Morgan fingerprint density at radius 2 is 2.33 bits per heavy atom. The fourth-order valence-corrected chi connectivity index (χ4v) is 1.27. The molecule has 0 spiro atoms. The van der Waals surface area contributed by atoms with Crippen molar-refractivity contribution >= 4 is 29.0 Å². The van der Waals surface area contributed by atoms with Crippen molar-refractivity contribution in [3.8, 4) is 0 Å². The number of hydrogen-bond donors (Lipinski definition) is 2. The van der Waals surface area contributed by atoms with Crippen molar-refractivity contribution in [3.63, 3.8) is 0 Å². The van der Waals surface area contributed by atoms with Gasteiger partial charge in [0.25, 0.3) is 0 Å². The lowest BCUT2D eigenvalue weighted by atomic mass is 10.4. The van der Waals surface area contributed by atoms with Crippen LogP contribution in [0.1, 0.15) is 0 Å². The lowest BCUT2D eigenvalue weighted by molar-refractivity contribution is 0.912. The van der Waals surface area contributed by atoms with Crippen molar-refractivity contribution in [1.82, 2.24) is 20.2 Å². The summed E-state index contributed by atoms with van der Waals surface area (Å²) in [4.78, 5) is 7.54. The van der Waals surface area contributed by atoms with E-state index in [1.807, 2.05) is 0 Å². The third-order valence-electron chi connectivity index (χ3n) is 1.43. The van der Waals surface area contributed by atoms with Crippen molar-refractivity contribution in [2.24, 2.45) is 0 Å². The van der Waals surface area contributed by atoms with Gasteiger partial charge in [-0.25, -0.2) is 9.97 Å². The van der Waals surface area contributed by atoms with Gasteiger partial charge < -0.3 is 5.73 Å². The molecular formula is C5H4FN5S. The number of nitrogen functional groups attached to an aromatic ring is 1. The lowest BCUT2D eigenvalue weighted by Gasteiger charge is -1.92. The van der Waals surface area contributed by atoms with Crippen molar-refractivity contribution < 1.29 is 3.89 Å². The van der Waals surface area contributed by atoms with Gasteiger partial charge in [0.1, 0.15) is 24.3 Å². The number of hydrogen-bond acceptors (Lipinski definition) is 5. The predicted octanol–water partition coefficient (Wildman–Crippen LogP) is 0.912. The molecule has 2 rings (SSSR count).